The number of hydrogen-bond donors (Lipinski definition) is 1. The van der Waals surface area contributed by atoms with Crippen LogP contribution in [0.1, 0.15) is 5.56 Å². The van der Waals surface area contributed by atoms with Crippen LogP contribution in [-0.4, -0.2) is 29.4 Å². The fourth-order valence-corrected chi connectivity index (χ4v) is 2.24. The Morgan fingerprint density at radius 1 is 1.08 bits per heavy atom. The Morgan fingerprint density at radius 3 is 2.56 bits per heavy atom. The summed E-state index contributed by atoms with van der Waals surface area (Å²) in [5.41, 5.74) is 1.92. The number of ether oxygens (including phenoxy) is 2. The van der Waals surface area contributed by atoms with Gasteiger partial charge in [0, 0.05) is 18.8 Å². The minimum atomic E-state index is -0.204. The van der Waals surface area contributed by atoms with Gasteiger partial charge in [0.05, 0.1) is 12.8 Å². The standard InChI is InChI=1S/C19H19N3O3/c1-24-17-9-7-15(8-10-17)13-20-18(23)14-25-19-11-12-22(21-19)16-5-3-2-4-6-16/h2-12H,13-14H2,1H3,(H,20,23). The fourth-order valence-electron chi connectivity index (χ4n) is 2.24. The number of amides is 1. The smallest absolute Gasteiger partial charge is 0.258 e. The number of aromatic nitrogens is 2. The van der Waals surface area contributed by atoms with E-state index in [4.69, 9.17) is 9.47 Å². The molecular formula is C19H19N3O3. The van der Waals surface area contributed by atoms with E-state index in [-0.39, 0.29) is 12.5 Å². The summed E-state index contributed by atoms with van der Waals surface area (Å²) in [6.07, 6.45) is 1.79. The van der Waals surface area contributed by atoms with Gasteiger partial charge in [-0.3, -0.25) is 4.79 Å². The van der Waals surface area contributed by atoms with Gasteiger partial charge < -0.3 is 14.8 Å². The van der Waals surface area contributed by atoms with E-state index in [0.29, 0.717) is 12.4 Å². The number of rotatable bonds is 7. The molecule has 0 fully saturated rings. The number of benzene rings is 2. The molecule has 6 heteroatoms. The Bertz CT molecular complexity index is 813. The summed E-state index contributed by atoms with van der Waals surface area (Å²) in [4.78, 5) is 11.9. The van der Waals surface area contributed by atoms with Gasteiger partial charge in [0.1, 0.15) is 5.75 Å². The van der Waals surface area contributed by atoms with E-state index in [1.165, 1.54) is 0 Å². The molecule has 1 aromatic heterocycles. The first-order valence-corrected chi connectivity index (χ1v) is 7.88. The van der Waals surface area contributed by atoms with Crippen molar-refractivity contribution in [3.8, 4) is 17.3 Å². The summed E-state index contributed by atoms with van der Waals surface area (Å²) >= 11 is 0. The minimum absolute atomic E-state index is 0.0814. The summed E-state index contributed by atoms with van der Waals surface area (Å²) < 4.78 is 12.2. The first kappa shape index (κ1) is 16.6. The molecule has 0 spiro atoms. The van der Waals surface area contributed by atoms with Crippen LogP contribution in [0, 0.1) is 0 Å². The van der Waals surface area contributed by atoms with Gasteiger partial charge in [0.15, 0.2) is 6.61 Å². The van der Waals surface area contributed by atoms with Crippen molar-refractivity contribution in [2.75, 3.05) is 13.7 Å². The second-order valence-electron chi connectivity index (χ2n) is 5.35. The first-order chi connectivity index (χ1) is 12.2. The van der Waals surface area contributed by atoms with Crippen molar-refractivity contribution in [1.29, 1.82) is 0 Å². The Hall–Kier alpha value is -3.28. The van der Waals surface area contributed by atoms with Crippen LogP contribution in [0.2, 0.25) is 0 Å². The number of methoxy groups -OCH3 is 1. The Morgan fingerprint density at radius 2 is 1.84 bits per heavy atom. The zero-order valence-electron chi connectivity index (χ0n) is 13.9. The lowest BCUT2D eigenvalue weighted by Gasteiger charge is -2.07. The van der Waals surface area contributed by atoms with E-state index in [1.54, 1.807) is 24.1 Å². The van der Waals surface area contributed by atoms with Gasteiger partial charge >= 0.3 is 0 Å². The second-order valence-corrected chi connectivity index (χ2v) is 5.35. The van der Waals surface area contributed by atoms with Crippen LogP contribution in [0.4, 0.5) is 0 Å². The molecule has 128 valence electrons. The molecule has 0 unspecified atom stereocenters. The van der Waals surface area contributed by atoms with Crippen LogP contribution in [0.5, 0.6) is 11.6 Å². The highest BCUT2D eigenvalue weighted by molar-refractivity contribution is 5.77. The lowest BCUT2D eigenvalue weighted by Crippen LogP contribution is -2.28. The SMILES string of the molecule is COc1ccc(CNC(=O)COc2ccn(-c3ccccc3)n2)cc1. The molecule has 3 aromatic rings. The van der Waals surface area contributed by atoms with Crippen molar-refractivity contribution in [1.82, 2.24) is 15.1 Å². The zero-order valence-corrected chi connectivity index (χ0v) is 13.9. The van der Waals surface area contributed by atoms with Gasteiger partial charge in [-0.05, 0) is 29.8 Å². The lowest BCUT2D eigenvalue weighted by atomic mass is 10.2. The summed E-state index contributed by atoms with van der Waals surface area (Å²) in [6.45, 7) is 0.354. The molecule has 25 heavy (non-hydrogen) atoms. The molecule has 2 aromatic carbocycles. The molecule has 0 saturated carbocycles. The van der Waals surface area contributed by atoms with Crippen LogP contribution in [0.3, 0.4) is 0 Å². The van der Waals surface area contributed by atoms with Crippen molar-refractivity contribution in [3.05, 3.63) is 72.4 Å². The number of para-hydroxylation sites is 1. The van der Waals surface area contributed by atoms with E-state index >= 15 is 0 Å². The highest BCUT2D eigenvalue weighted by atomic mass is 16.5. The van der Waals surface area contributed by atoms with Gasteiger partial charge in [0.25, 0.3) is 5.91 Å². The Balaban J connectivity index is 1.46. The molecule has 3 rings (SSSR count). The van der Waals surface area contributed by atoms with Gasteiger partial charge in [0.2, 0.25) is 5.88 Å². The third-order valence-corrected chi connectivity index (χ3v) is 3.59. The molecule has 0 aliphatic carbocycles. The van der Waals surface area contributed by atoms with Crippen LogP contribution in [-0.2, 0) is 11.3 Å². The number of carbonyl (C=O) groups is 1. The lowest BCUT2D eigenvalue weighted by molar-refractivity contribution is -0.123. The van der Waals surface area contributed by atoms with Crippen LogP contribution >= 0.6 is 0 Å². The molecule has 1 heterocycles. The third kappa shape index (κ3) is 4.60. The van der Waals surface area contributed by atoms with Gasteiger partial charge in [-0.2, -0.15) is 0 Å². The maximum atomic E-state index is 11.9. The normalized spacial score (nSPS) is 10.3. The molecule has 0 aliphatic rings. The molecular weight excluding hydrogens is 318 g/mol. The van der Waals surface area contributed by atoms with E-state index in [1.807, 2.05) is 54.6 Å². The largest absolute Gasteiger partial charge is 0.497 e. The summed E-state index contributed by atoms with van der Waals surface area (Å²) in [6, 6.07) is 18.9. The summed E-state index contributed by atoms with van der Waals surface area (Å²) in [5.74, 6) is 0.987. The minimum Gasteiger partial charge on any atom is -0.497 e. The van der Waals surface area contributed by atoms with Crippen molar-refractivity contribution in [2.45, 2.75) is 6.54 Å². The molecule has 0 bridgehead atoms. The van der Waals surface area contributed by atoms with Crippen LogP contribution in [0.25, 0.3) is 5.69 Å². The van der Waals surface area contributed by atoms with E-state index in [9.17, 15) is 4.79 Å². The first-order valence-electron chi connectivity index (χ1n) is 7.88. The maximum absolute atomic E-state index is 11.9. The molecule has 1 N–H and O–H groups in total. The highest BCUT2D eigenvalue weighted by Crippen LogP contribution is 2.12. The maximum Gasteiger partial charge on any atom is 0.258 e. The second kappa shape index (κ2) is 8.01. The fraction of sp³-hybridized carbons (Fsp3) is 0.158. The highest BCUT2D eigenvalue weighted by Gasteiger charge is 2.06. The van der Waals surface area contributed by atoms with Gasteiger partial charge in [-0.25, -0.2) is 4.68 Å². The van der Waals surface area contributed by atoms with Crippen LogP contribution < -0.4 is 14.8 Å². The number of carbonyl (C=O) groups excluding carboxylic acids is 1. The van der Waals surface area contributed by atoms with Crippen molar-refractivity contribution < 1.29 is 14.3 Å². The molecule has 6 nitrogen and oxygen atoms in total. The van der Waals surface area contributed by atoms with Crippen molar-refractivity contribution in [3.63, 3.8) is 0 Å². The number of nitrogens with one attached hydrogen (secondary N) is 1. The van der Waals surface area contributed by atoms with E-state index in [2.05, 4.69) is 10.4 Å². The zero-order chi connectivity index (χ0) is 17.5. The van der Waals surface area contributed by atoms with Gasteiger partial charge in [-0.1, -0.05) is 30.3 Å². The number of hydrogen-bond acceptors (Lipinski definition) is 4. The average molecular weight is 337 g/mol. The Kier molecular flexibility index (Phi) is 5.31. The third-order valence-electron chi connectivity index (χ3n) is 3.59. The van der Waals surface area contributed by atoms with Crippen LogP contribution in [0.15, 0.2) is 66.9 Å². The van der Waals surface area contributed by atoms with Crippen molar-refractivity contribution >= 4 is 5.91 Å². The topological polar surface area (TPSA) is 65.4 Å². The van der Waals surface area contributed by atoms with Gasteiger partial charge in [-0.15, -0.1) is 5.10 Å². The molecule has 0 saturated heterocycles. The predicted molar refractivity (Wildman–Crippen MR) is 93.9 cm³/mol. The average Bonchev–Trinajstić information content (AvgIpc) is 3.15. The predicted octanol–water partition coefficient (Wildman–Crippen LogP) is 2.58. The van der Waals surface area contributed by atoms with E-state index < -0.39 is 0 Å². The van der Waals surface area contributed by atoms with Crippen molar-refractivity contribution in [2.24, 2.45) is 0 Å². The molecule has 0 aliphatic heterocycles. The molecule has 1 amide bonds. The molecule has 0 atom stereocenters. The summed E-state index contributed by atoms with van der Waals surface area (Å²) in [5, 5.41) is 7.10. The summed E-state index contributed by atoms with van der Waals surface area (Å²) in [7, 11) is 1.62. The quantitative estimate of drug-likeness (QED) is 0.720. The Labute approximate surface area is 146 Å². The molecule has 0 radical (unpaired) electrons. The number of nitrogens with zero attached hydrogens (tertiary/aromatic N) is 2. The van der Waals surface area contributed by atoms with E-state index in [0.717, 1.165) is 17.0 Å². The monoisotopic (exact) mass is 337 g/mol.